The smallest absolute Gasteiger partial charge is 0.478 e. The monoisotopic (exact) mass is 1200 g/mol. The Morgan fingerprint density at radius 3 is 2.12 bits per heavy atom. The molecule has 0 aliphatic carbocycles. The highest BCUT2D eigenvalue weighted by molar-refractivity contribution is 7.99. The Morgan fingerprint density at radius 1 is 0.850 bits per heavy atom. The number of nitrogens with one attached hydrogen (secondary N) is 1. The van der Waals surface area contributed by atoms with Crippen LogP contribution in [-0.4, -0.2) is 121 Å². The molecule has 9 rings (SSSR count). The van der Waals surface area contributed by atoms with Crippen LogP contribution in [0.5, 0.6) is 0 Å². The zero-order chi connectivity index (χ0) is 57.1. The lowest BCUT2D eigenvalue weighted by Gasteiger charge is -2.39. The van der Waals surface area contributed by atoms with E-state index in [-0.39, 0.29) is 35.7 Å². The Balaban J connectivity index is 0.925. The molecule has 2 atom stereocenters. The number of hydrogen-bond acceptors (Lipinski definition) is 12. The van der Waals surface area contributed by atoms with Gasteiger partial charge in [-0.2, -0.15) is 13.2 Å². The number of alkyl halides is 3. The number of piperidine rings is 1. The van der Waals surface area contributed by atoms with Gasteiger partial charge in [-0.15, -0.1) is 11.8 Å². The summed E-state index contributed by atoms with van der Waals surface area (Å²) in [6, 6.07) is 34.8. The van der Waals surface area contributed by atoms with E-state index in [9.17, 15) is 45.8 Å². The molecule has 3 aliphatic rings. The van der Waals surface area contributed by atoms with Crippen molar-refractivity contribution in [1.82, 2.24) is 9.47 Å². The van der Waals surface area contributed by atoms with Gasteiger partial charge in [0.25, 0.3) is 9.84 Å². The Labute approximate surface area is 473 Å². The molecule has 428 valence electrons. The summed E-state index contributed by atoms with van der Waals surface area (Å²) in [5.74, 6) is -0.678. The van der Waals surface area contributed by atoms with Crippen molar-refractivity contribution in [3.63, 3.8) is 0 Å². The molecule has 0 spiro atoms. The van der Waals surface area contributed by atoms with E-state index in [2.05, 4.69) is 24.6 Å². The largest absolute Gasteiger partial charge is 0.501 e. The molecule has 3 fully saturated rings. The fraction of sp³-hybridized carbons (Fsp3) is 0.375. The Kier molecular flexibility index (Phi) is 18.3. The first-order valence-electron chi connectivity index (χ1n) is 26.3. The van der Waals surface area contributed by atoms with Crippen molar-refractivity contribution in [2.24, 2.45) is 0 Å². The van der Waals surface area contributed by atoms with Crippen molar-refractivity contribution >= 4 is 82.6 Å². The summed E-state index contributed by atoms with van der Waals surface area (Å²) in [4.78, 5) is 37.9. The third-order valence-electron chi connectivity index (χ3n) is 14.7. The number of phosphoric ester groups is 1. The summed E-state index contributed by atoms with van der Waals surface area (Å²) in [5, 5.41) is 14.1. The summed E-state index contributed by atoms with van der Waals surface area (Å²) < 4.78 is 112. The van der Waals surface area contributed by atoms with Crippen molar-refractivity contribution in [3.05, 3.63) is 138 Å². The summed E-state index contributed by atoms with van der Waals surface area (Å²) in [6.45, 7) is 10.0. The minimum atomic E-state index is -6.01. The van der Waals surface area contributed by atoms with E-state index in [4.69, 9.17) is 20.6 Å². The average Bonchev–Trinajstić information content (AvgIpc) is 3.87. The summed E-state index contributed by atoms with van der Waals surface area (Å²) in [5.41, 5.74) is 0.238. The number of sulfone groups is 1. The van der Waals surface area contributed by atoms with Crippen LogP contribution in [0.15, 0.2) is 131 Å². The highest BCUT2D eigenvalue weighted by atomic mass is 35.5. The summed E-state index contributed by atoms with van der Waals surface area (Å²) in [6.07, 6.45) is 0.907. The molecule has 5 aromatic carbocycles. The first kappa shape index (κ1) is 59.3. The molecule has 4 heterocycles. The number of anilines is 4. The van der Waals surface area contributed by atoms with Crippen molar-refractivity contribution in [2.45, 2.75) is 79.9 Å². The van der Waals surface area contributed by atoms with Crippen LogP contribution in [0.4, 0.5) is 35.9 Å². The molecule has 0 bridgehead atoms. The molecule has 6 aromatic rings. The van der Waals surface area contributed by atoms with E-state index in [1.54, 1.807) is 24.3 Å². The van der Waals surface area contributed by atoms with E-state index in [0.29, 0.717) is 99.2 Å². The van der Waals surface area contributed by atoms with E-state index < -0.39 is 53.7 Å². The topological polar surface area (TPSA) is 194 Å². The van der Waals surface area contributed by atoms with Gasteiger partial charge in [-0.1, -0.05) is 54.1 Å². The SMILES string of the molecule is Cc1c(C(=O)O)c(-c2cccc(N3CCN(c4ccc(N5CCCO[P@]5(=O)c5ccc(N[C@H](CCN6CCC(OP(=O)(O)O)CC6)CSc6ccccc6)c(S(=O)(=O)C(F)(F)F)c5)cc4)CC3)c2)c(-c2ccc(Cl)cc2)n1C(C)C. The van der Waals surface area contributed by atoms with Crippen LogP contribution in [0.2, 0.25) is 5.02 Å². The molecule has 16 nitrogen and oxygen atoms in total. The third-order valence-corrected chi connectivity index (χ3v) is 20.8. The number of carbonyl (C=O) groups is 1. The molecular weight excluding hydrogens is 1140 g/mol. The lowest BCUT2D eigenvalue weighted by Crippen LogP contribution is -2.46. The average molecular weight is 1200 g/mol. The molecular formula is C56H64ClF3N6O10P2S2. The molecule has 1 aromatic heterocycles. The van der Waals surface area contributed by atoms with E-state index in [1.807, 2.05) is 99.6 Å². The maximum Gasteiger partial charge on any atom is 0.501 e. The van der Waals surface area contributed by atoms with Gasteiger partial charge < -0.3 is 44.0 Å². The fourth-order valence-electron chi connectivity index (χ4n) is 10.9. The number of nitrogens with zero attached hydrogens (tertiary/aromatic N) is 5. The number of hydrogen-bond donors (Lipinski definition) is 4. The van der Waals surface area contributed by atoms with Crippen molar-refractivity contribution < 1.29 is 59.5 Å². The number of aromatic carboxylic acids is 1. The lowest BCUT2D eigenvalue weighted by molar-refractivity contribution is -0.0435. The standard InChI is InChI=1S/C56H64ClF3N6O10P2S2/c1-38(2)66-39(3)52(55(67)68)53(54(66)40-13-15-42(57)16-14-40)41-9-7-10-46(35-41)64-32-30-63(31-33-64)44-17-19-45(20-18-44)65-26-8-34-75-77(65,69)48-21-22-50(51(36-48)80(73,74)56(58,59)60)61-43(37-79-49-11-5-4-6-12-49)23-27-62-28-24-47(25-29-62)76-78(70,71)72/h4-7,9-22,35-36,38,43,47,61H,8,23-34,37H2,1-3H3,(H,67,68)(H2,70,71,72)/t43-,77-/m1/s1. The van der Waals surface area contributed by atoms with Crippen LogP contribution < -0.4 is 25.1 Å². The molecule has 4 N–H and O–H groups in total. The maximum absolute atomic E-state index is 15.2. The number of rotatable bonds is 19. The van der Waals surface area contributed by atoms with Crippen molar-refractivity contribution in [1.29, 1.82) is 0 Å². The number of piperazine rings is 1. The quantitative estimate of drug-likeness (QED) is 0.0441. The van der Waals surface area contributed by atoms with Gasteiger partial charge in [-0.25, -0.2) is 17.8 Å². The van der Waals surface area contributed by atoms with Crippen molar-refractivity contribution in [3.8, 4) is 22.4 Å². The second kappa shape index (κ2) is 24.6. The van der Waals surface area contributed by atoms with Crippen LogP contribution in [0, 0.1) is 6.92 Å². The fourth-order valence-corrected chi connectivity index (χ4v) is 16.0. The van der Waals surface area contributed by atoms with E-state index in [1.165, 1.54) is 28.6 Å². The molecule has 0 radical (unpaired) electrons. The number of likely N-dealkylation sites (tertiary alicyclic amines) is 1. The number of thioether (sulfide) groups is 1. The number of phosphoric acid groups is 1. The number of aromatic nitrogens is 1. The predicted molar refractivity (Wildman–Crippen MR) is 310 cm³/mol. The van der Waals surface area contributed by atoms with Crippen LogP contribution in [-0.2, 0) is 28.0 Å². The van der Waals surface area contributed by atoms with Gasteiger partial charge in [0.05, 0.1) is 35.0 Å². The van der Waals surface area contributed by atoms with Gasteiger partial charge in [0, 0.05) is 108 Å². The predicted octanol–water partition coefficient (Wildman–Crippen LogP) is 12.0. The van der Waals surface area contributed by atoms with Crippen LogP contribution in [0.1, 0.15) is 61.6 Å². The minimum absolute atomic E-state index is 0.0242. The highest BCUT2D eigenvalue weighted by Crippen LogP contribution is 2.55. The number of carboxylic acid groups (broad SMARTS) is 1. The van der Waals surface area contributed by atoms with Gasteiger partial charge in [-0.05, 0) is 136 Å². The zero-order valence-electron chi connectivity index (χ0n) is 44.3. The van der Waals surface area contributed by atoms with Crippen LogP contribution in [0.3, 0.4) is 0 Å². The second-order valence-electron chi connectivity index (χ2n) is 20.4. The Bertz CT molecular complexity index is 3380. The Morgan fingerprint density at radius 2 is 1.50 bits per heavy atom. The normalized spacial score (nSPS) is 18.4. The maximum atomic E-state index is 15.2. The Hall–Kier alpha value is -5.31. The van der Waals surface area contributed by atoms with Gasteiger partial charge in [0.2, 0.25) is 0 Å². The first-order valence-corrected chi connectivity index (χ1v) is 32.3. The first-order chi connectivity index (χ1) is 38.0. The highest BCUT2D eigenvalue weighted by Gasteiger charge is 2.49. The second-order valence-corrected chi connectivity index (χ2v) is 27.3. The molecule has 3 saturated heterocycles. The van der Waals surface area contributed by atoms with Gasteiger partial charge >= 0.3 is 26.8 Å². The molecule has 0 saturated carbocycles. The summed E-state index contributed by atoms with van der Waals surface area (Å²) >= 11 is 7.72. The molecule has 3 aliphatic heterocycles. The molecule has 24 heteroatoms. The number of carboxylic acids is 1. The number of benzene rings is 5. The molecule has 0 unspecified atom stereocenters. The van der Waals surface area contributed by atoms with Gasteiger partial charge in [0.15, 0.2) is 0 Å². The molecule has 0 amide bonds. The van der Waals surface area contributed by atoms with E-state index >= 15 is 4.57 Å². The van der Waals surface area contributed by atoms with Gasteiger partial charge in [0.1, 0.15) is 4.90 Å². The van der Waals surface area contributed by atoms with Crippen LogP contribution in [0.25, 0.3) is 22.4 Å². The zero-order valence-corrected chi connectivity index (χ0v) is 48.5. The minimum Gasteiger partial charge on any atom is -0.478 e. The molecule has 80 heavy (non-hydrogen) atoms. The van der Waals surface area contributed by atoms with E-state index in [0.717, 1.165) is 39.2 Å². The van der Waals surface area contributed by atoms with Crippen LogP contribution >= 0.6 is 38.7 Å². The van der Waals surface area contributed by atoms with Gasteiger partial charge in [-0.3, -0.25) is 13.8 Å². The van der Waals surface area contributed by atoms with Crippen molar-refractivity contribution in [2.75, 3.05) is 84.5 Å². The number of halogens is 4. The summed E-state index contributed by atoms with van der Waals surface area (Å²) in [7, 11) is -14.9. The third kappa shape index (κ3) is 13.3. The lowest BCUT2D eigenvalue weighted by atomic mass is 9.96.